The van der Waals surface area contributed by atoms with Gasteiger partial charge in [0.1, 0.15) is 0 Å². The van der Waals surface area contributed by atoms with Gasteiger partial charge in [0.25, 0.3) is 0 Å². The number of hydrogen-bond donors (Lipinski definition) is 2. The molecule has 0 saturated heterocycles. The Morgan fingerprint density at radius 1 is 1.11 bits per heavy atom. The highest BCUT2D eigenvalue weighted by Gasteiger charge is 2.12. The van der Waals surface area contributed by atoms with E-state index in [0.717, 1.165) is 18.8 Å². The van der Waals surface area contributed by atoms with Crippen LogP contribution < -0.4 is 11.3 Å². The summed E-state index contributed by atoms with van der Waals surface area (Å²) in [5, 5.41) is 0. The average Bonchev–Trinajstić information content (AvgIpc) is 2.41. The number of hydrazine groups is 1. The van der Waals surface area contributed by atoms with E-state index in [1.54, 1.807) is 0 Å². The molecule has 0 heterocycles. The molecule has 1 rings (SSSR count). The van der Waals surface area contributed by atoms with E-state index in [4.69, 9.17) is 5.84 Å². The van der Waals surface area contributed by atoms with Crippen LogP contribution >= 0.6 is 0 Å². The highest BCUT2D eigenvalue weighted by molar-refractivity contribution is 5.21. The summed E-state index contributed by atoms with van der Waals surface area (Å²) in [6.07, 6.45) is 5.92. The summed E-state index contributed by atoms with van der Waals surface area (Å²) in [7, 11) is 0. The predicted molar refractivity (Wildman–Crippen MR) is 79.3 cm³/mol. The molecule has 0 bridgehead atoms. The van der Waals surface area contributed by atoms with Gasteiger partial charge in [-0.15, -0.1) is 0 Å². The summed E-state index contributed by atoms with van der Waals surface area (Å²) >= 11 is 0. The lowest BCUT2D eigenvalue weighted by atomic mass is 9.92. The van der Waals surface area contributed by atoms with Crippen LogP contribution in [0.5, 0.6) is 0 Å². The van der Waals surface area contributed by atoms with E-state index < -0.39 is 0 Å². The van der Waals surface area contributed by atoms with Gasteiger partial charge in [0.2, 0.25) is 0 Å². The first-order valence-corrected chi connectivity index (χ1v) is 7.21. The van der Waals surface area contributed by atoms with E-state index in [1.807, 2.05) is 0 Å². The number of aryl methyl sites for hydroxylation is 2. The third-order valence-electron chi connectivity index (χ3n) is 3.91. The third kappa shape index (κ3) is 5.19. The van der Waals surface area contributed by atoms with Crippen LogP contribution in [0.4, 0.5) is 0 Å². The van der Waals surface area contributed by atoms with Crippen LogP contribution in [-0.2, 0) is 6.42 Å². The lowest BCUT2D eigenvalue weighted by molar-refractivity contribution is 0.355. The number of benzene rings is 1. The summed E-state index contributed by atoms with van der Waals surface area (Å²) in [6.45, 7) is 6.66. The van der Waals surface area contributed by atoms with Crippen molar-refractivity contribution < 1.29 is 0 Å². The summed E-state index contributed by atoms with van der Waals surface area (Å²) in [5.74, 6) is 6.46. The molecule has 0 aliphatic carbocycles. The lowest BCUT2D eigenvalue weighted by Gasteiger charge is -2.21. The zero-order valence-corrected chi connectivity index (χ0v) is 12.1. The SMILES string of the molecule is CCC(CC)CC(CCc1ccc(C)cc1)NN. The van der Waals surface area contributed by atoms with E-state index in [0.29, 0.717) is 6.04 Å². The summed E-state index contributed by atoms with van der Waals surface area (Å²) in [6, 6.07) is 9.25. The Hall–Kier alpha value is -0.860. The fourth-order valence-corrected chi connectivity index (χ4v) is 2.39. The van der Waals surface area contributed by atoms with E-state index in [1.165, 1.54) is 30.4 Å². The smallest absolute Gasteiger partial charge is 0.0216 e. The Kier molecular flexibility index (Phi) is 6.99. The van der Waals surface area contributed by atoms with Crippen LogP contribution in [0.15, 0.2) is 24.3 Å². The first-order chi connectivity index (χ1) is 8.69. The Bertz CT molecular complexity index is 314. The molecule has 2 nitrogen and oxygen atoms in total. The van der Waals surface area contributed by atoms with Crippen LogP contribution in [0.3, 0.4) is 0 Å². The van der Waals surface area contributed by atoms with Crippen molar-refractivity contribution in [3.8, 4) is 0 Å². The van der Waals surface area contributed by atoms with Crippen molar-refractivity contribution in [3.63, 3.8) is 0 Å². The quantitative estimate of drug-likeness (QED) is 0.545. The van der Waals surface area contributed by atoms with Crippen molar-refractivity contribution in [2.75, 3.05) is 0 Å². The second-order valence-corrected chi connectivity index (χ2v) is 5.31. The standard InChI is InChI=1S/C16H28N2/c1-4-14(5-2)12-16(18-17)11-10-15-8-6-13(3)7-9-15/h6-9,14,16,18H,4-5,10-12,17H2,1-3H3. The number of hydrogen-bond acceptors (Lipinski definition) is 2. The van der Waals surface area contributed by atoms with E-state index >= 15 is 0 Å². The molecular formula is C16H28N2. The van der Waals surface area contributed by atoms with E-state index in [9.17, 15) is 0 Å². The minimum Gasteiger partial charge on any atom is -0.271 e. The van der Waals surface area contributed by atoms with Gasteiger partial charge in [-0.2, -0.15) is 0 Å². The fourth-order valence-electron chi connectivity index (χ4n) is 2.39. The largest absolute Gasteiger partial charge is 0.271 e. The van der Waals surface area contributed by atoms with Gasteiger partial charge in [0.15, 0.2) is 0 Å². The number of nitrogens with two attached hydrogens (primary N) is 1. The van der Waals surface area contributed by atoms with Gasteiger partial charge in [-0.25, -0.2) is 0 Å². The van der Waals surface area contributed by atoms with Gasteiger partial charge in [0.05, 0.1) is 0 Å². The third-order valence-corrected chi connectivity index (χ3v) is 3.91. The van der Waals surface area contributed by atoms with Crippen LogP contribution in [0.25, 0.3) is 0 Å². The monoisotopic (exact) mass is 248 g/mol. The molecule has 0 aliphatic heterocycles. The van der Waals surface area contributed by atoms with Crippen molar-refractivity contribution in [3.05, 3.63) is 35.4 Å². The number of nitrogens with one attached hydrogen (secondary N) is 1. The summed E-state index contributed by atoms with van der Waals surface area (Å²) in [4.78, 5) is 0. The molecule has 1 unspecified atom stereocenters. The average molecular weight is 248 g/mol. The zero-order chi connectivity index (χ0) is 13.4. The van der Waals surface area contributed by atoms with Crippen LogP contribution in [-0.4, -0.2) is 6.04 Å². The normalized spacial score (nSPS) is 12.9. The van der Waals surface area contributed by atoms with E-state index in [-0.39, 0.29) is 0 Å². The van der Waals surface area contributed by atoms with Gasteiger partial charge >= 0.3 is 0 Å². The zero-order valence-electron chi connectivity index (χ0n) is 12.1. The fraction of sp³-hybridized carbons (Fsp3) is 0.625. The molecule has 2 heteroatoms. The highest BCUT2D eigenvalue weighted by atomic mass is 15.2. The molecule has 0 radical (unpaired) electrons. The maximum atomic E-state index is 5.67. The topological polar surface area (TPSA) is 38.0 Å². The molecule has 102 valence electrons. The summed E-state index contributed by atoms with van der Waals surface area (Å²) < 4.78 is 0. The lowest BCUT2D eigenvalue weighted by Crippen LogP contribution is -2.37. The molecule has 18 heavy (non-hydrogen) atoms. The Morgan fingerprint density at radius 2 is 1.72 bits per heavy atom. The van der Waals surface area contributed by atoms with Gasteiger partial charge in [-0.3, -0.25) is 11.3 Å². The first kappa shape index (κ1) is 15.2. The minimum atomic E-state index is 0.441. The molecule has 0 aromatic heterocycles. The molecule has 0 amide bonds. The Labute approximate surface area is 112 Å². The molecule has 3 N–H and O–H groups in total. The van der Waals surface area contributed by atoms with Crippen LogP contribution in [0.2, 0.25) is 0 Å². The van der Waals surface area contributed by atoms with Gasteiger partial charge in [-0.05, 0) is 37.7 Å². The molecular weight excluding hydrogens is 220 g/mol. The maximum Gasteiger partial charge on any atom is 0.0216 e. The Morgan fingerprint density at radius 3 is 2.22 bits per heavy atom. The second kappa shape index (κ2) is 8.28. The van der Waals surface area contributed by atoms with Crippen molar-refractivity contribution in [1.29, 1.82) is 0 Å². The second-order valence-electron chi connectivity index (χ2n) is 5.31. The first-order valence-electron chi connectivity index (χ1n) is 7.21. The van der Waals surface area contributed by atoms with Gasteiger partial charge in [0, 0.05) is 6.04 Å². The number of rotatable bonds is 8. The highest BCUT2D eigenvalue weighted by Crippen LogP contribution is 2.17. The van der Waals surface area contributed by atoms with Crippen molar-refractivity contribution in [2.24, 2.45) is 11.8 Å². The van der Waals surface area contributed by atoms with Crippen LogP contribution in [0, 0.1) is 12.8 Å². The molecule has 1 aromatic rings. The Balaban J connectivity index is 2.41. The molecule has 1 atom stereocenters. The molecule has 1 aromatic carbocycles. The van der Waals surface area contributed by atoms with Crippen molar-refractivity contribution >= 4 is 0 Å². The van der Waals surface area contributed by atoms with Crippen molar-refractivity contribution in [1.82, 2.24) is 5.43 Å². The van der Waals surface area contributed by atoms with E-state index in [2.05, 4.69) is 50.5 Å². The minimum absolute atomic E-state index is 0.441. The van der Waals surface area contributed by atoms with Gasteiger partial charge < -0.3 is 0 Å². The van der Waals surface area contributed by atoms with Gasteiger partial charge in [-0.1, -0.05) is 56.5 Å². The molecule has 0 spiro atoms. The molecule has 0 aliphatic rings. The summed E-state index contributed by atoms with van der Waals surface area (Å²) in [5.41, 5.74) is 5.71. The van der Waals surface area contributed by atoms with Crippen molar-refractivity contribution in [2.45, 2.75) is 58.9 Å². The van der Waals surface area contributed by atoms with Crippen LogP contribution in [0.1, 0.15) is 50.7 Å². The molecule has 0 saturated carbocycles. The molecule has 0 fully saturated rings. The maximum absolute atomic E-state index is 5.67. The predicted octanol–water partition coefficient (Wildman–Crippen LogP) is 3.59.